The largest absolute Gasteiger partial charge is 0.456 e. The van der Waals surface area contributed by atoms with E-state index in [2.05, 4.69) is 5.32 Å². The second-order valence-electron chi connectivity index (χ2n) is 9.55. The number of rotatable bonds is 7. The second kappa shape index (κ2) is 13.0. The predicted octanol–water partition coefficient (Wildman–Crippen LogP) is 8.18. The van der Waals surface area contributed by atoms with E-state index >= 15 is 4.39 Å². The summed E-state index contributed by atoms with van der Waals surface area (Å²) in [6, 6.07) is 14.0. The van der Waals surface area contributed by atoms with Gasteiger partial charge in [-0.15, -0.1) is 0 Å². The third kappa shape index (κ3) is 7.59. The topological polar surface area (TPSA) is 94.9 Å². The lowest BCUT2D eigenvalue weighted by Gasteiger charge is -2.28. The van der Waals surface area contributed by atoms with Crippen LogP contribution < -0.4 is 15.0 Å². The summed E-state index contributed by atoms with van der Waals surface area (Å²) >= 11 is 1.92. The summed E-state index contributed by atoms with van der Waals surface area (Å²) in [5.74, 6) is -1.64. The van der Waals surface area contributed by atoms with Crippen molar-refractivity contribution in [2.24, 2.45) is 0 Å². The number of hydrogen-bond acceptors (Lipinski definition) is 5. The van der Waals surface area contributed by atoms with Gasteiger partial charge in [0.15, 0.2) is 0 Å². The van der Waals surface area contributed by atoms with Crippen molar-refractivity contribution in [1.82, 2.24) is 4.90 Å². The second-order valence-corrected chi connectivity index (χ2v) is 10.8. The molecule has 0 aliphatic carbocycles. The number of urea groups is 1. The van der Waals surface area contributed by atoms with Crippen molar-refractivity contribution >= 4 is 51.8 Å². The first kappa shape index (κ1) is 30.6. The maximum absolute atomic E-state index is 15.1. The molecule has 0 saturated carbocycles. The normalized spacial score (nSPS) is 10.9. The van der Waals surface area contributed by atoms with Crippen molar-refractivity contribution in [3.63, 3.8) is 0 Å². The van der Waals surface area contributed by atoms with Crippen molar-refractivity contribution < 1.29 is 27.8 Å². The number of nitrogens with one attached hydrogen (secondary N) is 1. The molecule has 0 aliphatic heterocycles. The summed E-state index contributed by atoms with van der Waals surface area (Å²) in [6.45, 7) is 9.64. The average molecular weight is 662 g/mol. The van der Waals surface area contributed by atoms with Crippen LogP contribution in [0.1, 0.15) is 40.2 Å². The first-order valence-corrected chi connectivity index (χ1v) is 13.5. The molecular formula is C29H29F2IN4O4. The first-order chi connectivity index (χ1) is 18.9. The third-order valence-electron chi connectivity index (χ3n) is 5.49. The number of carbonyl (C=O) groups is 2. The van der Waals surface area contributed by atoms with Crippen LogP contribution in [0.3, 0.4) is 0 Å². The van der Waals surface area contributed by atoms with Crippen LogP contribution in [0.15, 0.2) is 54.6 Å². The third-order valence-corrected chi connectivity index (χ3v) is 6.16. The maximum Gasteiger partial charge on any atom is 0.419 e. The summed E-state index contributed by atoms with van der Waals surface area (Å²) in [4.78, 5) is 28.2. The van der Waals surface area contributed by atoms with E-state index in [4.69, 9.17) is 9.47 Å². The van der Waals surface area contributed by atoms with Crippen molar-refractivity contribution in [3.05, 3.63) is 75.4 Å². The molecule has 210 valence electrons. The summed E-state index contributed by atoms with van der Waals surface area (Å²) < 4.78 is 42.0. The lowest BCUT2D eigenvalue weighted by molar-refractivity contribution is 0.0598. The van der Waals surface area contributed by atoms with Gasteiger partial charge in [-0.2, -0.15) is 5.26 Å². The Labute approximate surface area is 245 Å². The molecule has 0 atom stereocenters. The molecule has 3 amide bonds. The van der Waals surface area contributed by atoms with Gasteiger partial charge in [-0.3, -0.25) is 0 Å². The molecule has 0 unspecified atom stereocenters. The Morgan fingerprint density at radius 2 is 1.73 bits per heavy atom. The first-order valence-electron chi connectivity index (χ1n) is 12.4. The highest BCUT2D eigenvalue weighted by Gasteiger charge is 2.31. The van der Waals surface area contributed by atoms with Crippen molar-refractivity contribution in [3.8, 4) is 17.6 Å². The minimum atomic E-state index is -1.01. The molecule has 8 nitrogen and oxygen atoms in total. The van der Waals surface area contributed by atoms with Crippen molar-refractivity contribution in [2.45, 2.75) is 40.2 Å². The summed E-state index contributed by atoms with van der Waals surface area (Å²) in [7, 11) is 0. The van der Waals surface area contributed by atoms with Gasteiger partial charge >= 0.3 is 12.1 Å². The molecular weight excluding hydrogens is 633 g/mol. The van der Waals surface area contributed by atoms with E-state index in [1.165, 1.54) is 18.2 Å². The fraction of sp³-hybridized carbons (Fsp3) is 0.276. The van der Waals surface area contributed by atoms with Crippen molar-refractivity contribution in [1.29, 1.82) is 5.26 Å². The molecule has 0 spiro atoms. The summed E-state index contributed by atoms with van der Waals surface area (Å²) in [5, 5.41) is 12.9. The molecule has 0 bridgehead atoms. The summed E-state index contributed by atoms with van der Waals surface area (Å²) in [5.41, 5.74) is -1.28. The number of hydrogen-bond donors (Lipinski definition) is 1. The highest BCUT2D eigenvalue weighted by Crippen LogP contribution is 2.39. The SMILES string of the molecule is CCN(CC)C(=O)Nc1cccc(Oc2cc(F)cc(N(C(=O)OC(C)(C)C)c3ccc(I)cc3F)c2C#N)c1. The average Bonchev–Trinajstić information content (AvgIpc) is 2.85. The summed E-state index contributed by atoms with van der Waals surface area (Å²) in [6.07, 6.45) is -1.01. The number of nitriles is 1. The van der Waals surface area contributed by atoms with Gasteiger partial charge in [-0.25, -0.2) is 23.3 Å². The number of halogens is 3. The number of carbonyl (C=O) groups excluding carboxylic acids is 2. The fourth-order valence-corrected chi connectivity index (χ4v) is 4.16. The molecule has 0 aliphatic rings. The Bertz CT molecular complexity index is 1450. The van der Waals surface area contributed by atoms with E-state index in [1.54, 1.807) is 49.9 Å². The van der Waals surface area contributed by atoms with Gasteiger partial charge in [0, 0.05) is 34.5 Å². The van der Waals surface area contributed by atoms with E-state index in [9.17, 15) is 19.2 Å². The zero-order valence-electron chi connectivity index (χ0n) is 22.7. The van der Waals surface area contributed by atoms with Crippen LogP contribution >= 0.6 is 22.6 Å². The van der Waals surface area contributed by atoms with Crippen LogP contribution in [0.4, 0.5) is 35.4 Å². The lowest BCUT2D eigenvalue weighted by atomic mass is 10.1. The van der Waals surface area contributed by atoms with E-state index in [0.29, 0.717) is 22.3 Å². The Morgan fingerprint density at radius 3 is 2.33 bits per heavy atom. The van der Waals surface area contributed by atoms with E-state index in [-0.39, 0.29) is 34.5 Å². The number of benzene rings is 3. The van der Waals surface area contributed by atoms with Gasteiger partial charge in [0.25, 0.3) is 0 Å². The molecule has 0 saturated heterocycles. The van der Waals surface area contributed by atoms with E-state index < -0.39 is 23.3 Å². The number of nitrogens with zero attached hydrogens (tertiary/aromatic N) is 3. The number of amides is 3. The van der Waals surface area contributed by atoms with Gasteiger partial charge < -0.3 is 19.7 Å². The fourth-order valence-electron chi connectivity index (χ4n) is 3.71. The van der Waals surface area contributed by atoms with Gasteiger partial charge in [0.05, 0.1) is 11.4 Å². The molecule has 0 fully saturated rings. The quantitative estimate of drug-likeness (QED) is 0.258. The monoisotopic (exact) mass is 662 g/mol. The van der Waals surface area contributed by atoms with Gasteiger partial charge in [0.2, 0.25) is 0 Å². The maximum atomic E-state index is 15.1. The Morgan fingerprint density at radius 1 is 1.02 bits per heavy atom. The predicted molar refractivity (Wildman–Crippen MR) is 157 cm³/mol. The highest BCUT2D eigenvalue weighted by molar-refractivity contribution is 14.1. The minimum Gasteiger partial charge on any atom is -0.456 e. The van der Waals surface area contributed by atoms with Crippen LogP contribution in [0, 0.1) is 26.5 Å². The molecule has 0 radical (unpaired) electrons. The molecule has 3 aromatic rings. The van der Waals surface area contributed by atoms with Gasteiger partial charge in [-0.05, 0) is 93.6 Å². The van der Waals surface area contributed by atoms with Gasteiger partial charge in [0.1, 0.15) is 40.4 Å². The molecule has 1 N–H and O–H groups in total. The minimum absolute atomic E-state index is 0.190. The lowest BCUT2D eigenvalue weighted by Crippen LogP contribution is -2.34. The smallest absolute Gasteiger partial charge is 0.419 e. The Kier molecular flexibility index (Phi) is 9.92. The Hall–Kier alpha value is -3.92. The zero-order chi connectivity index (χ0) is 29.6. The molecule has 3 aromatic carbocycles. The number of ether oxygens (including phenoxy) is 2. The van der Waals surface area contributed by atoms with E-state index in [1.807, 2.05) is 42.5 Å². The highest BCUT2D eigenvalue weighted by atomic mass is 127. The zero-order valence-corrected chi connectivity index (χ0v) is 24.9. The standard InChI is InChI=1S/C29H29F2IN4O4/c1-6-35(7-2)27(37)34-20-9-8-10-21(16-20)39-26-14-18(30)13-25(22(26)17-33)36(28(38)40-29(3,4)5)24-12-11-19(32)15-23(24)31/h8-16H,6-7H2,1-5H3,(H,34,37). The molecule has 0 aromatic heterocycles. The molecule has 0 heterocycles. The van der Waals surface area contributed by atoms with Crippen LogP contribution in [0.2, 0.25) is 0 Å². The molecule has 11 heteroatoms. The van der Waals surface area contributed by atoms with E-state index in [0.717, 1.165) is 17.0 Å². The Balaban J connectivity index is 2.09. The number of anilines is 3. The molecule has 40 heavy (non-hydrogen) atoms. The van der Waals surface area contributed by atoms with Crippen LogP contribution in [0.5, 0.6) is 11.5 Å². The van der Waals surface area contributed by atoms with Crippen LogP contribution in [-0.4, -0.2) is 35.7 Å². The van der Waals surface area contributed by atoms with Crippen molar-refractivity contribution in [2.75, 3.05) is 23.3 Å². The molecule has 3 rings (SSSR count). The van der Waals surface area contributed by atoms with Crippen LogP contribution in [0.25, 0.3) is 0 Å². The van der Waals surface area contributed by atoms with Crippen LogP contribution in [-0.2, 0) is 4.74 Å². The van der Waals surface area contributed by atoms with Gasteiger partial charge in [-0.1, -0.05) is 6.07 Å².